The number of nitrogens with zero attached hydrogens (tertiary/aromatic N) is 1. The van der Waals surface area contributed by atoms with Gasteiger partial charge in [0.05, 0.1) is 0 Å². The number of urea groups is 1. The zero-order valence-electron chi connectivity index (χ0n) is 12.8. The third kappa shape index (κ3) is 2.78. The number of benzene rings is 3. The second kappa shape index (κ2) is 5.76. The lowest BCUT2D eigenvalue weighted by atomic mass is 10.0. The lowest BCUT2D eigenvalue weighted by Gasteiger charge is -2.29. The number of hydrogen-bond acceptors (Lipinski definition) is 1. The van der Waals surface area contributed by atoms with E-state index in [-0.39, 0.29) is 6.03 Å². The molecule has 0 unspecified atom stereocenters. The fraction of sp³-hybridized carbons (Fsp3) is 0.150. The van der Waals surface area contributed by atoms with Gasteiger partial charge in [0.25, 0.3) is 0 Å². The number of fused-ring (bicyclic) bond motifs is 2. The molecule has 1 aliphatic heterocycles. The van der Waals surface area contributed by atoms with E-state index in [9.17, 15) is 4.79 Å². The molecule has 4 rings (SSSR count). The van der Waals surface area contributed by atoms with Gasteiger partial charge < -0.3 is 10.2 Å². The Morgan fingerprint density at radius 1 is 0.870 bits per heavy atom. The molecule has 0 bridgehead atoms. The summed E-state index contributed by atoms with van der Waals surface area (Å²) in [5.41, 5.74) is 3.43. The summed E-state index contributed by atoms with van der Waals surface area (Å²) in [5, 5.41) is 5.33. The molecule has 3 aromatic carbocycles. The monoisotopic (exact) mass is 302 g/mol. The minimum absolute atomic E-state index is 0.0326. The molecule has 1 N–H and O–H groups in total. The summed E-state index contributed by atoms with van der Waals surface area (Å²) in [6, 6.07) is 22.5. The van der Waals surface area contributed by atoms with Gasteiger partial charge in [-0.1, -0.05) is 54.6 Å². The van der Waals surface area contributed by atoms with E-state index >= 15 is 0 Å². The highest BCUT2D eigenvalue weighted by Gasteiger charge is 2.20. The second-order valence-corrected chi connectivity index (χ2v) is 5.93. The molecular formula is C20H18N2O. The second-order valence-electron chi connectivity index (χ2n) is 5.93. The van der Waals surface area contributed by atoms with Crippen molar-refractivity contribution in [3.63, 3.8) is 0 Å². The van der Waals surface area contributed by atoms with Crippen LogP contribution in [0.2, 0.25) is 0 Å². The Morgan fingerprint density at radius 2 is 1.61 bits per heavy atom. The third-order valence-electron chi connectivity index (χ3n) is 4.42. The first kappa shape index (κ1) is 13.8. The summed E-state index contributed by atoms with van der Waals surface area (Å²) < 4.78 is 0. The summed E-state index contributed by atoms with van der Waals surface area (Å²) >= 11 is 0. The zero-order chi connectivity index (χ0) is 15.6. The van der Waals surface area contributed by atoms with Crippen LogP contribution in [-0.4, -0.2) is 17.5 Å². The molecule has 1 aliphatic rings. The first-order valence-electron chi connectivity index (χ1n) is 7.91. The Morgan fingerprint density at radius 3 is 2.48 bits per heavy atom. The molecule has 0 fully saturated rings. The average Bonchev–Trinajstić information content (AvgIpc) is 2.61. The van der Waals surface area contributed by atoms with Gasteiger partial charge in [0.2, 0.25) is 0 Å². The molecule has 114 valence electrons. The minimum Gasteiger partial charge on any atom is -0.320 e. The van der Waals surface area contributed by atoms with Crippen LogP contribution in [0.15, 0.2) is 66.7 Å². The predicted molar refractivity (Wildman–Crippen MR) is 93.5 cm³/mol. The molecule has 0 saturated carbocycles. The van der Waals surface area contributed by atoms with E-state index in [1.165, 1.54) is 16.5 Å². The largest absolute Gasteiger partial charge is 0.322 e. The van der Waals surface area contributed by atoms with Crippen molar-refractivity contribution in [3.8, 4) is 0 Å². The molecule has 0 radical (unpaired) electrons. The number of hydrogen-bond donors (Lipinski definition) is 1. The van der Waals surface area contributed by atoms with E-state index in [1.54, 1.807) is 0 Å². The average molecular weight is 302 g/mol. The summed E-state index contributed by atoms with van der Waals surface area (Å²) in [5.74, 6) is 0. The number of carbonyl (C=O) groups excluding carboxylic acids is 1. The van der Waals surface area contributed by atoms with Crippen molar-refractivity contribution in [2.75, 3.05) is 11.9 Å². The van der Waals surface area contributed by atoms with Gasteiger partial charge in [0.1, 0.15) is 0 Å². The molecule has 0 spiro atoms. The van der Waals surface area contributed by atoms with E-state index in [0.29, 0.717) is 6.54 Å². The van der Waals surface area contributed by atoms with Gasteiger partial charge in [0, 0.05) is 18.8 Å². The summed E-state index contributed by atoms with van der Waals surface area (Å²) in [6.07, 6.45) is 0.918. The van der Waals surface area contributed by atoms with E-state index in [0.717, 1.165) is 24.0 Å². The normalized spacial score (nSPS) is 13.7. The van der Waals surface area contributed by atoms with Crippen LogP contribution in [0.5, 0.6) is 0 Å². The van der Waals surface area contributed by atoms with Crippen LogP contribution in [0.3, 0.4) is 0 Å². The van der Waals surface area contributed by atoms with Crippen LogP contribution < -0.4 is 5.32 Å². The third-order valence-corrected chi connectivity index (χ3v) is 4.42. The first-order valence-corrected chi connectivity index (χ1v) is 7.91. The topological polar surface area (TPSA) is 32.3 Å². The maximum Gasteiger partial charge on any atom is 0.322 e. The van der Waals surface area contributed by atoms with Gasteiger partial charge in [-0.15, -0.1) is 0 Å². The Hall–Kier alpha value is -2.81. The fourth-order valence-electron chi connectivity index (χ4n) is 3.14. The summed E-state index contributed by atoms with van der Waals surface area (Å²) in [7, 11) is 0. The van der Waals surface area contributed by atoms with Crippen LogP contribution >= 0.6 is 0 Å². The molecule has 0 aliphatic carbocycles. The molecule has 3 aromatic rings. The molecule has 0 saturated heterocycles. The van der Waals surface area contributed by atoms with Crippen LogP contribution in [0.1, 0.15) is 11.1 Å². The number of carbonyl (C=O) groups is 1. The van der Waals surface area contributed by atoms with Gasteiger partial charge in [0.15, 0.2) is 0 Å². The van der Waals surface area contributed by atoms with Gasteiger partial charge in [-0.2, -0.15) is 0 Å². The van der Waals surface area contributed by atoms with Gasteiger partial charge in [-0.25, -0.2) is 4.79 Å². The summed E-state index contributed by atoms with van der Waals surface area (Å²) in [6.45, 7) is 1.44. The highest BCUT2D eigenvalue weighted by molar-refractivity contribution is 5.93. The van der Waals surface area contributed by atoms with E-state index < -0.39 is 0 Å². The highest BCUT2D eigenvalue weighted by atomic mass is 16.2. The molecule has 1 heterocycles. The molecular weight excluding hydrogens is 284 g/mol. The Balaban J connectivity index is 1.51. The lowest BCUT2D eigenvalue weighted by Crippen LogP contribution is -2.38. The standard InChI is InChI=1S/C20H18N2O/c23-20(22-12-11-16-6-2-4-8-18(16)14-22)21-19-10-9-15-5-1-3-7-17(15)13-19/h1-10,13H,11-12,14H2,(H,21,23). The predicted octanol–water partition coefficient (Wildman–Crippen LogP) is 4.43. The van der Waals surface area contributed by atoms with Crippen molar-refractivity contribution < 1.29 is 4.79 Å². The summed E-state index contributed by atoms with van der Waals surface area (Å²) in [4.78, 5) is 14.4. The van der Waals surface area contributed by atoms with Crippen LogP contribution in [-0.2, 0) is 13.0 Å². The molecule has 2 amide bonds. The SMILES string of the molecule is O=C(Nc1ccc2ccccc2c1)N1CCc2ccccc2C1. The van der Waals surface area contributed by atoms with Crippen molar-refractivity contribution in [1.29, 1.82) is 0 Å². The number of amides is 2. The van der Waals surface area contributed by atoms with Crippen molar-refractivity contribution in [2.24, 2.45) is 0 Å². The van der Waals surface area contributed by atoms with Gasteiger partial charge in [-0.05, 0) is 40.5 Å². The van der Waals surface area contributed by atoms with Gasteiger partial charge >= 0.3 is 6.03 Å². The highest BCUT2D eigenvalue weighted by Crippen LogP contribution is 2.21. The molecule has 0 atom stereocenters. The van der Waals surface area contributed by atoms with E-state index in [2.05, 4.69) is 35.6 Å². The van der Waals surface area contributed by atoms with E-state index in [4.69, 9.17) is 0 Å². The van der Waals surface area contributed by atoms with Crippen LogP contribution in [0.4, 0.5) is 10.5 Å². The quantitative estimate of drug-likeness (QED) is 0.708. The number of anilines is 1. The first-order chi connectivity index (χ1) is 11.3. The van der Waals surface area contributed by atoms with E-state index in [1.807, 2.05) is 41.3 Å². The number of rotatable bonds is 1. The molecule has 0 aromatic heterocycles. The molecule has 3 heteroatoms. The van der Waals surface area contributed by atoms with Crippen molar-refractivity contribution in [1.82, 2.24) is 4.90 Å². The van der Waals surface area contributed by atoms with Crippen LogP contribution in [0.25, 0.3) is 10.8 Å². The Kier molecular flexibility index (Phi) is 3.46. The van der Waals surface area contributed by atoms with Gasteiger partial charge in [-0.3, -0.25) is 0 Å². The molecule has 3 nitrogen and oxygen atoms in total. The Labute approximate surface area is 135 Å². The van der Waals surface area contributed by atoms with Crippen molar-refractivity contribution >= 4 is 22.5 Å². The smallest absolute Gasteiger partial charge is 0.320 e. The lowest BCUT2D eigenvalue weighted by molar-refractivity contribution is 0.206. The van der Waals surface area contributed by atoms with Crippen molar-refractivity contribution in [3.05, 3.63) is 77.9 Å². The maximum atomic E-state index is 12.5. The number of nitrogens with one attached hydrogen (secondary N) is 1. The van der Waals surface area contributed by atoms with Crippen molar-refractivity contribution in [2.45, 2.75) is 13.0 Å². The molecule has 23 heavy (non-hydrogen) atoms. The maximum absolute atomic E-state index is 12.5. The van der Waals surface area contributed by atoms with Crippen LogP contribution in [0, 0.1) is 0 Å². The zero-order valence-corrected chi connectivity index (χ0v) is 12.8. The fourth-order valence-corrected chi connectivity index (χ4v) is 3.14. The Bertz CT molecular complexity index is 872. The minimum atomic E-state index is -0.0326.